The number of esters is 2. The standard InChI is InChI=1S/C28H53NO7/c1-3-5-7-9-11-13-15-17-25(31)35-21-22(19-23-27(33)28(34)24(30)20-29-23)36-26(32)18-16-14-12-10-8-6-4-2/h22-24,27-30,33-34H,3-21H2,1-2H3/t22-,23+,24+,27-,28-/m0/s1. The molecule has 0 radical (unpaired) electrons. The second kappa shape index (κ2) is 20.8. The smallest absolute Gasteiger partial charge is 0.306 e. The van der Waals surface area contributed by atoms with Crippen LogP contribution in [0.2, 0.25) is 0 Å². The summed E-state index contributed by atoms with van der Waals surface area (Å²) in [7, 11) is 0. The topological polar surface area (TPSA) is 125 Å². The Kier molecular flexibility index (Phi) is 19.0. The summed E-state index contributed by atoms with van der Waals surface area (Å²) in [6, 6.07) is -0.582. The van der Waals surface area contributed by atoms with Crippen LogP contribution in [0.1, 0.15) is 123 Å². The number of nitrogens with one attached hydrogen (secondary N) is 1. The molecular formula is C28H53NO7. The second-order valence-electron chi connectivity index (χ2n) is 10.3. The van der Waals surface area contributed by atoms with Crippen molar-refractivity contribution >= 4 is 11.9 Å². The molecule has 212 valence electrons. The van der Waals surface area contributed by atoms with Gasteiger partial charge in [0.05, 0.1) is 12.2 Å². The molecule has 0 amide bonds. The van der Waals surface area contributed by atoms with Crippen LogP contribution in [-0.2, 0) is 19.1 Å². The molecule has 1 aliphatic heterocycles. The van der Waals surface area contributed by atoms with E-state index >= 15 is 0 Å². The van der Waals surface area contributed by atoms with Crippen molar-refractivity contribution in [1.82, 2.24) is 5.32 Å². The molecule has 1 heterocycles. The van der Waals surface area contributed by atoms with E-state index in [1.807, 2.05) is 0 Å². The van der Waals surface area contributed by atoms with Gasteiger partial charge in [0.25, 0.3) is 0 Å². The Morgan fingerprint density at radius 3 is 1.81 bits per heavy atom. The van der Waals surface area contributed by atoms with E-state index in [0.717, 1.165) is 38.5 Å². The third kappa shape index (κ3) is 15.1. The first-order chi connectivity index (χ1) is 17.4. The third-order valence-electron chi connectivity index (χ3n) is 6.96. The predicted molar refractivity (Wildman–Crippen MR) is 140 cm³/mol. The van der Waals surface area contributed by atoms with Crippen LogP contribution in [0, 0.1) is 0 Å². The average molecular weight is 516 g/mol. The van der Waals surface area contributed by atoms with Gasteiger partial charge in [0.2, 0.25) is 0 Å². The number of unbranched alkanes of at least 4 members (excludes halogenated alkanes) is 12. The molecule has 1 saturated heterocycles. The third-order valence-corrected chi connectivity index (χ3v) is 6.96. The van der Waals surface area contributed by atoms with Gasteiger partial charge in [-0.15, -0.1) is 0 Å². The number of carbonyl (C=O) groups is 2. The molecule has 5 atom stereocenters. The van der Waals surface area contributed by atoms with Gasteiger partial charge in [-0.3, -0.25) is 9.59 Å². The van der Waals surface area contributed by atoms with Crippen LogP contribution in [0.3, 0.4) is 0 Å². The lowest BCUT2D eigenvalue weighted by atomic mass is 9.92. The Balaban J connectivity index is 2.44. The van der Waals surface area contributed by atoms with Gasteiger partial charge < -0.3 is 30.1 Å². The van der Waals surface area contributed by atoms with Crippen LogP contribution in [0.5, 0.6) is 0 Å². The fourth-order valence-electron chi connectivity index (χ4n) is 4.59. The van der Waals surface area contributed by atoms with Gasteiger partial charge in [-0.25, -0.2) is 0 Å². The molecule has 0 saturated carbocycles. The molecule has 1 rings (SSSR count). The average Bonchev–Trinajstić information content (AvgIpc) is 2.86. The lowest BCUT2D eigenvalue weighted by molar-refractivity contribution is -0.162. The number of hydrogen-bond acceptors (Lipinski definition) is 8. The summed E-state index contributed by atoms with van der Waals surface area (Å²) >= 11 is 0. The Morgan fingerprint density at radius 2 is 1.25 bits per heavy atom. The van der Waals surface area contributed by atoms with Crippen LogP contribution in [0.15, 0.2) is 0 Å². The number of carbonyl (C=O) groups excluding carboxylic acids is 2. The number of piperidine rings is 1. The summed E-state index contributed by atoms with van der Waals surface area (Å²) in [5, 5.41) is 33.1. The minimum Gasteiger partial charge on any atom is -0.462 e. The quantitative estimate of drug-likeness (QED) is 0.133. The van der Waals surface area contributed by atoms with E-state index in [2.05, 4.69) is 19.2 Å². The summed E-state index contributed by atoms with van der Waals surface area (Å²) in [5.41, 5.74) is 0. The maximum atomic E-state index is 12.5. The fraction of sp³-hybridized carbons (Fsp3) is 0.929. The van der Waals surface area contributed by atoms with E-state index in [-0.39, 0.29) is 31.5 Å². The lowest BCUT2D eigenvalue weighted by Crippen LogP contribution is -2.60. The number of aliphatic hydroxyl groups excluding tert-OH is 3. The summed E-state index contributed by atoms with van der Waals surface area (Å²) in [4.78, 5) is 24.7. The Bertz CT molecular complexity index is 574. The van der Waals surface area contributed by atoms with E-state index in [1.54, 1.807) is 0 Å². The minimum absolute atomic E-state index is 0.0817. The summed E-state index contributed by atoms with van der Waals surface area (Å²) in [6.45, 7) is 4.41. The maximum absolute atomic E-state index is 12.5. The number of rotatable bonds is 21. The van der Waals surface area contributed by atoms with Gasteiger partial charge in [0.1, 0.15) is 18.8 Å². The van der Waals surface area contributed by atoms with Gasteiger partial charge in [-0.2, -0.15) is 0 Å². The predicted octanol–water partition coefficient (Wildman–Crippen LogP) is 4.17. The largest absolute Gasteiger partial charge is 0.462 e. The molecule has 0 unspecified atom stereocenters. The van der Waals surface area contributed by atoms with Crippen LogP contribution >= 0.6 is 0 Å². The van der Waals surface area contributed by atoms with Crippen molar-refractivity contribution in [3.8, 4) is 0 Å². The van der Waals surface area contributed by atoms with Crippen molar-refractivity contribution in [2.75, 3.05) is 13.2 Å². The number of hydrogen-bond donors (Lipinski definition) is 4. The van der Waals surface area contributed by atoms with E-state index in [4.69, 9.17) is 9.47 Å². The molecule has 0 aromatic heterocycles. The molecule has 1 aliphatic rings. The van der Waals surface area contributed by atoms with Crippen LogP contribution in [0.4, 0.5) is 0 Å². The number of ether oxygens (including phenoxy) is 2. The zero-order valence-electron chi connectivity index (χ0n) is 22.8. The highest BCUT2D eigenvalue weighted by molar-refractivity contribution is 5.70. The van der Waals surface area contributed by atoms with Gasteiger partial charge in [0, 0.05) is 31.8 Å². The van der Waals surface area contributed by atoms with Crippen molar-refractivity contribution < 1.29 is 34.4 Å². The van der Waals surface area contributed by atoms with E-state index in [0.29, 0.717) is 12.8 Å². The molecule has 36 heavy (non-hydrogen) atoms. The SMILES string of the molecule is CCCCCCCCCC(=O)OC[C@H](C[C@H]1NC[C@@H](O)[C@H](O)[C@H]1O)OC(=O)CCCCCCCCC. The van der Waals surface area contributed by atoms with E-state index in [1.165, 1.54) is 51.4 Å². The molecule has 0 aliphatic carbocycles. The van der Waals surface area contributed by atoms with Crippen molar-refractivity contribution in [3.63, 3.8) is 0 Å². The molecular weight excluding hydrogens is 462 g/mol. The molecule has 8 nitrogen and oxygen atoms in total. The minimum atomic E-state index is -1.28. The second-order valence-corrected chi connectivity index (χ2v) is 10.3. The van der Waals surface area contributed by atoms with Gasteiger partial charge in [-0.1, -0.05) is 90.9 Å². The normalized spacial score (nSPS) is 22.8. The fourth-order valence-corrected chi connectivity index (χ4v) is 4.59. The van der Waals surface area contributed by atoms with Crippen LogP contribution in [0.25, 0.3) is 0 Å². The van der Waals surface area contributed by atoms with Gasteiger partial charge in [0.15, 0.2) is 0 Å². The monoisotopic (exact) mass is 515 g/mol. The first-order valence-corrected chi connectivity index (χ1v) is 14.5. The zero-order valence-corrected chi connectivity index (χ0v) is 22.8. The van der Waals surface area contributed by atoms with Crippen molar-refractivity contribution in [3.05, 3.63) is 0 Å². The van der Waals surface area contributed by atoms with Crippen LogP contribution < -0.4 is 5.32 Å². The highest BCUT2D eigenvalue weighted by Crippen LogP contribution is 2.18. The lowest BCUT2D eigenvalue weighted by Gasteiger charge is -2.37. The molecule has 0 aromatic carbocycles. The van der Waals surface area contributed by atoms with E-state index in [9.17, 15) is 24.9 Å². The summed E-state index contributed by atoms with van der Waals surface area (Å²) < 4.78 is 11.0. The van der Waals surface area contributed by atoms with Crippen molar-refractivity contribution in [2.24, 2.45) is 0 Å². The number of aliphatic hydroxyl groups is 3. The molecule has 4 N–H and O–H groups in total. The molecule has 0 bridgehead atoms. The Labute approximate surface area is 218 Å². The highest BCUT2D eigenvalue weighted by atomic mass is 16.6. The highest BCUT2D eigenvalue weighted by Gasteiger charge is 2.38. The zero-order chi connectivity index (χ0) is 26.6. The van der Waals surface area contributed by atoms with E-state index < -0.39 is 30.5 Å². The van der Waals surface area contributed by atoms with Crippen LogP contribution in [-0.4, -0.2) is 70.9 Å². The molecule has 0 spiro atoms. The summed E-state index contributed by atoms with van der Waals surface area (Å²) in [6.07, 6.45) is 12.0. The molecule has 1 fully saturated rings. The molecule has 0 aromatic rings. The van der Waals surface area contributed by atoms with Crippen molar-refractivity contribution in [2.45, 2.75) is 153 Å². The maximum Gasteiger partial charge on any atom is 0.306 e. The Hall–Kier alpha value is -1.22. The first kappa shape index (κ1) is 32.8. The first-order valence-electron chi connectivity index (χ1n) is 14.5. The van der Waals surface area contributed by atoms with Gasteiger partial charge in [-0.05, 0) is 12.8 Å². The van der Waals surface area contributed by atoms with Gasteiger partial charge >= 0.3 is 11.9 Å². The summed E-state index contributed by atoms with van der Waals surface area (Å²) in [5.74, 6) is -0.660. The number of β-amino-alcohol motifs (C(OH)–C–C–N with tert-alkyl or cyclic N) is 1. The molecule has 8 heteroatoms. The van der Waals surface area contributed by atoms with Crippen molar-refractivity contribution in [1.29, 1.82) is 0 Å². The Morgan fingerprint density at radius 1 is 0.750 bits per heavy atom.